The fourth-order valence-corrected chi connectivity index (χ4v) is 0.712. The Hall–Kier alpha value is -1.42. The molecular weight excluding hydrogens is 144 g/mol. The second-order valence-electron chi connectivity index (χ2n) is 1.95. The standard InChI is InChI=1S/C7H8N2O2/c10-5-9-7(11)6-1-3-8-4-2-6/h1-4,10H,5H2,(H,9,11)/p+1. The summed E-state index contributed by atoms with van der Waals surface area (Å²) < 4.78 is 0. The molecule has 0 saturated heterocycles. The van der Waals surface area contributed by atoms with Crippen molar-refractivity contribution in [1.29, 1.82) is 0 Å². The number of aliphatic hydroxyl groups excluding tert-OH is 1. The van der Waals surface area contributed by atoms with Gasteiger partial charge in [0.1, 0.15) is 6.73 Å². The van der Waals surface area contributed by atoms with Gasteiger partial charge < -0.3 is 10.4 Å². The molecule has 0 radical (unpaired) electrons. The highest BCUT2D eigenvalue weighted by molar-refractivity contribution is 5.93. The number of aromatic nitrogens is 1. The number of amides is 1. The van der Waals surface area contributed by atoms with Gasteiger partial charge in [0.05, 0.1) is 5.56 Å². The SMILES string of the molecule is O=C(NCO)c1cc[nH+]cc1. The highest BCUT2D eigenvalue weighted by Gasteiger charge is 2.02. The first kappa shape index (κ1) is 7.68. The number of carbonyl (C=O) groups is 1. The van der Waals surface area contributed by atoms with Crippen LogP contribution in [0.15, 0.2) is 24.5 Å². The largest absolute Gasteiger partial charge is 0.376 e. The minimum Gasteiger partial charge on any atom is -0.376 e. The molecule has 0 aliphatic rings. The van der Waals surface area contributed by atoms with E-state index in [1.165, 1.54) is 0 Å². The van der Waals surface area contributed by atoms with E-state index in [4.69, 9.17) is 5.11 Å². The van der Waals surface area contributed by atoms with Crippen molar-refractivity contribution in [1.82, 2.24) is 5.32 Å². The van der Waals surface area contributed by atoms with Crippen LogP contribution in [0.4, 0.5) is 0 Å². The molecule has 0 fully saturated rings. The predicted octanol–water partition coefficient (Wildman–Crippen LogP) is -0.820. The lowest BCUT2D eigenvalue weighted by Crippen LogP contribution is -2.24. The summed E-state index contributed by atoms with van der Waals surface area (Å²) in [5.74, 6) is -0.276. The van der Waals surface area contributed by atoms with Crippen molar-refractivity contribution in [3.63, 3.8) is 0 Å². The third-order valence-electron chi connectivity index (χ3n) is 1.22. The van der Waals surface area contributed by atoms with Crippen molar-refractivity contribution in [3.8, 4) is 0 Å². The van der Waals surface area contributed by atoms with Crippen LogP contribution in [-0.4, -0.2) is 17.7 Å². The molecule has 1 aromatic rings. The Kier molecular flexibility index (Phi) is 2.57. The average molecular weight is 153 g/mol. The summed E-state index contributed by atoms with van der Waals surface area (Å²) in [6.07, 6.45) is 3.29. The highest BCUT2D eigenvalue weighted by Crippen LogP contribution is 1.92. The monoisotopic (exact) mass is 153 g/mol. The van der Waals surface area contributed by atoms with Crippen LogP contribution in [0.25, 0.3) is 0 Å². The molecule has 1 amide bonds. The molecule has 4 heteroatoms. The third kappa shape index (κ3) is 2.01. The number of aliphatic hydroxyl groups is 1. The number of hydrogen-bond acceptors (Lipinski definition) is 2. The number of pyridine rings is 1. The zero-order chi connectivity index (χ0) is 8.10. The Morgan fingerprint density at radius 3 is 2.73 bits per heavy atom. The van der Waals surface area contributed by atoms with Crippen molar-refractivity contribution < 1.29 is 14.9 Å². The van der Waals surface area contributed by atoms with Gasteiger partial charge in [-0.3, -0.25) is 4.79 Å². The topological polar surface area (TPSA) is 63.5 Å². The Morgan fingerprint density at radius 2 is 2.18 bits per heavy atom. The molecule has 0 atom stereocenters. The van der Waals surface area contributed by atoms with Crippen LogP contribution in [0.3, 0.4) is 0 Å². The van der Waals surface area contributed by atoms with Gasteiger partial charge in [-0.15, -0.1) is 0 Å². The quantitative estimate of drug-likeness (QED) is 0.545. The van der Waals surface area contributed by atoms with Gasteiger partial charge in [0, 0.05) is 12.1 Å². The number of nitrogens with one attached hydrogen (secondary N) is 2. The Labute approximate surface area is 63.9 Å². The van der Waals surface area contributed by atoms with Crippen molar-refractivity contribution in [2.75, 3.05) is 6.73 Å². The second-order valence-corrected chi connectivity index (χ2v) is 1.95. The van der Waals surface area contributed by atoms with E-state index in [0.29, 0.717) is 5.56 Å². The van der Waals surface area contributed by atoms with Gasteiger partial charge in [0.15, 0.2) is 12.4 Å². The van der Waals surface area contributed by atoms with Crippen LogP contribution in [-0.2, 0) is 0 Å². The van der Waals surface area contributed by atoms with Crippen molar-refractivity contribution in [2.45, 2.75) is 0 Å². The fraction of sp³-hybridized carbons (Fsp3) is 0.143. The first-order valence-corrected chi connectivity index (χ1v) is 3.20. The van der Waals surface area contributed by atoms with Crippen LogP contribution in [0.1, 0.15) is 10.4 Å². The number of hydrogen-bond donors (Lipinski definition) is 2. The Morgan fingerprint density at radius 1 is 1.55 bits per heavy atom. The highest BCUT2D eigenvalue weighted by atomic mass is 16.3. The maximum Gasteiger partial charge on any atom is 0.253 e. The molecule has 1 rings (SSSR count). The van der Waals surface area contributed by atoms with Crippen LogP contribution < -0.4 is 10.3 Å². The lowest BCUT2D eigenvalue weighted by molar-refractivity contribution is -0.378. The molecule has 1 aromatic heterocycles. The summed E-state index contributed by atoms with van der Waals surface area (Å²) in [5, 5.41) is 10.6. The van der Waals surface area contributed by atoms with E-state index in [-0.39, 0.29) is 12.6 Å². The number of H-pyrrole nitrogens is 1. The fourth-order valence-electron chi connectivity index (χ4n) is 0.712. The van der Waals surface area contributed by atoms with E-state index in [1.807, 2.05) is 0 Å². The molecule has 0 aliphatic carbocycles. The maximum absolute atomic E-state index is 11.0. The third-order valence-corrected chi connectivity index (χ3v) is 1.22. The minimum absolute atomic E-state index is 0.276. The van der Waals surface area contributed by atoms with Gasteiger partial charge in [0.2, 0.25) is 0 Å². The van der Waals surface area contributed by atoms with E-state index in [9.17, 15) is 4.79 Å². The summed E-state index contributed by atoms with van der Waals surface area (Å²) in [6, 6.07) is 3.26. The molecule has 3 N–H and O–H groups in total. The Balaban J connectivity index is 2.69. The smallest absolute Gasteiger partial charge is 0.253 e. The molecule has 0 bridgehead atoms. The average Bonchev–Trinajstić information content (AvgIpc) is 2.07. The van der Waals surface area contributed by atoms with Crippen LogP contribution in [0.5, 0.6) is 0 Å². The Bertz CT molecular complexity index is 235. The first-order chi connectivity index (χ1) is 5.34. The number of rotatable bonds is 2. The lowest BCUT2D eigenvalue weighted by Gasteiger charge is -1.97. The summed E-state index contributed by atoms with van der Waals surface area (Å²) in [7, 11) is 0. The van der Waals surface area contributed by atoms with Gasteiger partial charge in [-0.2, -0.15) is 0 Å². The lowest BCUT2D eigenvalue weighted by atomic mass is 10.2. The zero-order valence-corrected chi connectivity index (χ0v) is 5.87. The van der Waals surface area contributed by atoms with Crippen LogP contribution >= 0.6 is 0 Å². The molecule has 0 saturated carbocycles. The summed E-state index contributed by atoms with van der Waals surface area (Å²) in [4.78, 5) is 13.7. The molecule has 58 valence electrons. The number of aromatic amines is 1. The summed E-state index contributed by atoms with van der Waals surface area (Å²) >= 11 is 0. The van der Waals surface area contributed by atoms with Gasteiger partial charge >= 0.3 is 0 Å². The molecule has 4 nitrogen and oxygen atoms in total. The van der Waals surface area contributed by atoms with E-state index in [2.05, 4.69) is 10.3 Å². The summed E-state index contributed by atoms with van der Waals surface area (Å²) in [6.45, 7) is -0.336. The van der Waals surface area contributed by atoms with Gasteiger partial charge in [-0.05, 0) is 0 Å². The minimum atomic E-state index is -0.336. The van der Waals surface area contributed by atoms with E-state index < -0.39 is 0 Å². The molecule has 0 aliphatic heterocycles. The van der Waals surface area contributed by atoms with Gasteiger partial charge in [-0.25, -0.2) is 4.98 Å². The van der Waals surface area contributed by atoms with Gasteiger partial charge in [0.25, 0.3) is 5.91 Å². The predicted molar refractivity (Wildman–Crippen MR) is 37.5 cm³/mol. The normalized spacial score (nSPS) is 9.18. The first-order valence-electron chi connectivity index (χ1n) is 3.20. The van der Waals surface area contributed by atoms with E-state index in [0.717, 1.165) is 0 Å². The van der Waals surface area contributed by atoms with Crippen LogP contribution in [0.2, 0.25) is 0 Å². The van der Waals surface area contributed by atoms with Crippen molar-refractivity contribution in [3.05, 3.63) is 30.1 Å². The van der Waals surface area contributed by atoms with Crippen LogP contribution in [0, 0.1) is 0 Å². The maximum atomic E-state index is 11.0. The van der Waals surface area contributed by atoms with Gasteiger partial charge in [-0.1, -0.05) is 0 Å². The summed E-state index contributed by atoms with van der Waals surface area (Å²) in [5.41, 5.74) is 0.526. The number of carbonyl (C=O) groups excluding carboxylic acids is 1. The molecule has 0 aromatic carbocycles. The van der Waals surface area contributed by atoms with Crippen molar-refractivity contribution in [2.24, 2.45) is 0 Å². The molecule has 0 spiro atoms. The van der Waals surface area contributed by atoms with E-state index in [1.54, 1.807) is 24.5 Å². The van der Waals surface area contributed by atoms with E-state index >= 15 is 0 Å². The van der Waals surface area contributed by atoms with Crippen molar-refractivity contribution >= 4 is 5.91 Å². The zero-order valence-electron chi connectivity index (χ0n) is 5.87. The second kappa shape index (κ2) is 3.68. The molecule has 11 heavy (non-hydrogen) atoms. The molecular formula is C7H9N2O2+. The molecule has 0 unspecified atom stereocenters. The molecule has 1 heterocycles.